The van der Waals surface area contributed by atoms with Gasteiger partial charge in [-0.15, -0.1) is 11.3 Å². The number of rotatable bonds is 6. The van der Waals surface area contributed by atoms with Gasteiger partial charge < -0.3 is 15.1 Å². The zero-order valence-corrected chi connectivity index (χ0v) is 14.6. The van der Waals surface area contributed by atoms with E-state index in [-0.39, 0.29) is 18.4 Å². The number of amides is 3. The van der Waals surface area contributed by atoms with Crippen molar-refractivity contribution < 1.29 is 9.59 Å². The van der Waals surface area contributed by atoms with Crippen molar-refractivity contribution in [2.24, 2.45) is 0 Å². The van der Waals surface area contributed by atoms with E-state index in [1.54, 1.807) is 4.90 Å². The Bertz CT molecular complexity index is 526. The maximum absolute atomic E-state index is 12.2. The fourth-order valence-corrected chi connectivity index (χ4v) is 2.96. The maximum atomic E-state index is 12.2. The van der Waals surface area contributed by atoms with Crippen LogP contribution in [0.15, 0.2) is 5.38 Å². The average molecular weight is 339 g/mol. The number of piperazine rings is 1. The molecule has 2 N–H and O–H groups in total. The SMILES string of the molecule is CCCCNC(=O)Cc1csc(NC(=O)N2CCN(C)CC2)n1. The zero-order valence-electron chi connectivity index (χ0n) is 13.8. The fourth-order valence-electron chi connectivity index (χ4n) is 2.26. The van der Waals surface area contributed by atoms with Crippen molar-refractivity contribution in [1.82, 2.24) is 20.1 Å². The summed E-state index contributed by atoms with van der Waals surface area (Å²) in [6.07, 6.45) is 2.29. The molecule has 23 heavy (non-hydrogen) atoms. The Hall–Kier alpha value is -1.67. The van der Waals surface area contributed by atoms with Crippen LogP contribution < -0.4 is 10.6 Å². The Kier molecular flexibility index (Phi) is 6.79. The highest BCUT2D eigenvalue weighted by atomic mass is 32.1. The number of urea groups is 1. The van der Waals surface area contributed by atoms with Gasteiger partial charge in [0.15, 0.2) is 5.13 Å². The van der Waals surface area contributed by atoms with E-state index in [4.69, 9.17) is 0 Å². The van der Waals surface area contributed by atoms with Crippen LogP contribution >= 0.6 is 11.3 Å². The molecule has 1 aliphatic heterocycles. The highest BCUT2D eigenvalue weighted by Crippen LogP contribution is 2.16. The molecular weight excluding hydrogens is 314 g/mol. The second kappa shape index (κ2) is 8.83. The Balaban J connectivity index is 1.77. The predicted octanol–water partition coefficient (Wildman–Crippen LogP) is 1.38. The van der Waals surface area contributed by atoms with E-state index in [0.717, 1.165) is 39.0 Å². The summed E-state index contributed by atoms with van der Waals surface area (Å²) in [6, 6.07) is -0.119. The summed E-state index contributed by atoms with van der Waals surface area (Å²) in [7, 11) is 2.05. The van der Waals surface area contributed by atoms with Gasteiger partial charge in [0.2, 0.25) is 5.91 Å². The van der Waals surface area contributed by atoms with Crippen molar-refractivity contribution in [2.75, 3.05) is 45.1 Å². The lowest BCUT2D eigenvalue weighted by molar-refractivity contribution is -0.120. The number of nitrogens with zero attached hydrogens (tertiary/aromatic N) is 3. The highest BCUT2D eigenvalue weighted by molar-refractivity contribution is 7.13. The molecule has 3 amide bonds. The first-order chi connectivity index (χ1) is 11.1. The van der Waals surface area contributed by atoms with Gasteiger partial charge in [-0.1, -0.05) is 13.3 Å². The molecule has 2 heterocycles. The second-order valence-corrected chi connectivity index (χ2v) is 6.60. The third kappa shape index (κ3) is 5.80. The van der Waals surface area contributed by atoms with E-state index in [1.807, 2.05) is 12.4 Å². The van der Waals surface area contributed by atoms with E-state index in [1.165, 1.54) is 11.3 Å². The van der Waals surface area contributed by atoms with Gasteiger partial charge >= 0.3 is 6.03 Å². The Morgan fingerprint density at radius 2 is 2.04 bits per heavy atom. The molecular formula is C15H25N5O2S. The molecule has 0 unspecified atom stereocenters. The van der Waals surface area contributed by atoms with Crippen LogP contribution in [0.2, 0.25) is 0 Å². The van der Waals surface area contributed by atoms with Crippen LogP contribution in [0, 0.1) is 0 Å². The van der Waals surface area contributed by atoms with Crippen LogP contribution in [0.1, 0.15) is 25.5 Å². The summed E-state index contributed by atoms with van der Waals surface area (Å²) < 4.78 is 0. The number of hydrogen-bond donors (Lipinski definition) is 2. The maximum Gasteiger partial charge on any atom is 0.323 e. The quantitative estimate of drug-likeness (QED) is 0.768. The molecule has 1 aromatic rings. The molecule has 1 aromatic heterocycles. The van der Waals surface area contributed by atoms with E-state index in [2.05, 4.69) is 27.4 Å². The van der Waals surface area contributed by atoms with Gasteiger partial charge in [-0.3, -0.25) is 10.1 Å². The minimum atomic E-state index is -0.119. The highest BCUT2D eigenvalue weighted by Gasteiger charge is 2.20. The molecule has 0 aromatic carbocycles. The average Bonchev–Trinajstić information content (AvgIpc) is 2.95. The van der Waals surface area contributed by atoms with Crippen molar-refractivity contribution in [3.63, 3.8) is 0 Å². The standard InChI is InChI=1S/C15H25N5O2S/c1-3-4-5-16-13(21)10-12-11-23-14(17-12)18-15(22)20-8-6-19(2)7-9-20/h11H,3-10H2,1-2H3,(H,16,21)(H,17,18,22). The van der Waals surface area contributed by atoms with Gasteiger partial charge in [0, 0.05) is 38.1 Å². The summed E-state index contributed by atoms with van der Waals surface area (Å²) in [5, 5.41) is 8.04. The number of anilines is 1. The van der Waals surface area contributed by atoms with Gasteiger partial charge in [-0.2, -0.15) is 0 Å². The molecule has 7 nitrogen and oxygen atoms in total. The van der Waals surface area contributed by atoms with Gasteiger partial charge in [-0.25, -0.2) is 9.78 Å². The van der Waals surface area contributed by atoms with Crippen molar-refractivity contribution in [1.29, 1.82) is 0 Å². The van der Waals surface area contributed by atoms with Crippen LogP contribution in [0.25, 0.3) is 0 Å². The van der Waals surface area contributed by atoms with E-state index >= 15 is 0 Å². The normalized spacial score (nSPS) is 15.5. The van der Waals surface area contributed by atoms with Crippen LogP contribution in [0.3, 0.4) is 0 Å². The first-order valence-corrected chi connectivity index (χ1v) is 8.92. The number of aromatic nitrogens is 1. The summed E-state index contributed by atoms with van der Waals surface area (Å²) in [5.74, 6) is -0.0271. The largest absolute Gasteiger partial charge is 0.356 e. The molecule has 0 radical (unpaired) electrons. The fraction of sp³-hybridized carbons (Fsp3) is 0.667. The number of carbonyl (C=O) groups is 2. The zero-order chi connectivity index (χ0) is 16.7. The molecule has 0 bridgehead atoms. The number of thiazole rings is 1. The van der Waals surface area contributed by atoms with Gasteiger partial charge in [0.05, 0.1) is 12.1 Å². The molecule has 2 rings (SSSR count). The van der Waals surface area contributed by atoms with Gasteiger partial charge in [0.1, 0.15) is 0 Å². The van der Waals surface area contributed by atoms with Crippen molar-refractivity contribution in [3.05, 3.63) is 11.1 Å². The Morgan fingerprint density at radius 1 is 1.30 bits per heavy atom. The van der Waals surface area contributed by atoms with Gasteiger partial charge in [0.25, 0.3) is 0 Å². The van der Waals surface area contributed by atoms with Crippen LogP contribution in [-0.2, 0) is 11.2 Å². The van der Waals surface area contributed by atoms with E-state index in [0.29, 0.717) is 17.4 Å². The molecule has 1 saturated heterocycles. The monoisotopic (exact) mass is 339 g/mol. The smallest absolute Gasteiger partial charge is 0.323 e. The minimum Gasteiger partial charge on any atom is -0.356 e. The third-order valence-corrected chi connectivity index (χ3v) is 4.56. The lowest BCUT2D eigenvalue weighted by Crippen LogP contribution is -2.48. The lowest BCUT2D eigenvalue weighted by atomic mass is 10.3. The molecule has 1 aliphatic rings. The van der Waals surface area contributed by atoms with Crippen molar-refractivity contribution >= 4 is 28.4 Å². The molecule has 1 fully saturated rings. The van der Waals surface area contributed by atoms with E-state index in [9.17, 15) is 9.59 Å². The third-order valence-electron chi connectivity index (χ3n) is 3.75. The summed E-state index contributed by atoms with van der Waals surface area (Å²) in [5.41, 5.74) is 0.692. The minimum absolute atomic E-state index is 0.0271. The predicted molar refractivity (Wildman–Crippen MR) is 91.8 cm³/mol. The Morgan fingerprint density at radius 3 is 2.74 bits per heavy atom. The number of hydrogen-bond acceptors (Lipinski definition) is 5. The number of nitrogens with one attached hydrogen (secondary N) is 2. The first kappa shape index (κ1) is 17.7. The van der Waals surface area contributed by atoms with Crippen LogP contribution in [-0.4, -0.2) is 66.5 Å². The summed E-state index contributed by atoms with van der Waals surface area (Å²) in [4.78, 5) is 32.2. The number of carbonyl (C=O) groups excluding carboxylic acids is 2. The molecule has 0 atom stereocenters. The van der Waals surface area contributed by atoms with Gasteiger partial charge in [-0.05, 0) is 13.5 Å². The molecule has 0 aliphatic carbocycles. The van der Waals surface area contributed by atoms with Crippen molar-refractivity contribution in [2.45, 2.75) is 26.2 Å². The molecule has 8 heteroatoms. The second-order valence-electron chi connectivity index (χ2n) is 5.74. The summed E-state index contributed by atoms with van der Waals surface area (Å²) >= 11 is 1.35. The van der Waals surface area contributed by atoms with E-state index < -0.39 is 0 Å². The lowest BCUT2D eigenvalue weighted by Gasteiger charge is -2.32. The molecule has 0 spiro atoms. The van der Waals surface area contributed by atoms with Crippen LogP contribution in [0.4, 0.5) is 9.93 Å². The Labute approximate surface area is 141 Å². The molecule has 0 saturated carbocycles. The number of likely N-dealkylation sites (N-methyl/N-ethyl adjacent to an activating group) is 1. The van der Waals surface area contributed by atoms with Crippen molar-refractivity contribution in [3.8, 4) is 0 Å². The molecule has 128 valence electrons. The number of unbranched alkanes of at least 4 members (excludes halogenated alkanes) is 1. The first-order valence-electron chi connectivity index (χ1n) is 8.04. The van der Waals surface area contributed by atoms with Crippen LogP contribution in [0.5, 0.6) is 0 Å². The summed E-state index contributed by atoms with van der Waals surface area (Å²) in [6.45, 7) is 6.00. The topological polar surface area (TPSA) is 77.6 Å².